The Morgan fingerprint density at radius 3 is 2.80 bits per heavy atom. The summed E-state index contributed by atoms with van der Waals surface area (Å²) >= 11 is 3.66. The van der Waals surface area contributed by atoms with Crippen molar-refractivity contribution in [1.29, 1.82) is 0 Å². The van der Waals surface area contributed by atoms with E-state index in [0.717, 1.165) is 12.0 Å². The summed E-state index contributed by atoms with van der Waals surface area (Å²) in [5.41, 5.74) is 0. The molecule has 15 heavy (non-hydrogen) atoms. The Morgan fingerprint density at radius 1 is 1.33 bits per heavy atom. The van der Waals surface area contributed by atoms with E-state index in [1.165, 1.54) is 56.9 Å². The third-order valence-electron chi connectivity index (χ3n) is 3.60. The fourth-order valence-corrected chi connectivity index (χ4v) is 3.09. The summed E-state index contributed by atoms with van der Waals surface area (Å²) in [6.07, 6.45) is 8.37. The fraction of sp³-hybridized carbons (Fsp3) is 1.00. The van der Waals surface area contributed by atoms with Gasteiger partial charge in [-0.25, -0.2) is 0 Å². The van der Waals surface area contributed by atoms with Crippen LogP contribution < -0.4 is 0 Å². The second kappa shape index (κ2) is 7.67. The normalized spacial score (nSPS) is 26.2. The summed E-state index contributed by atoms with van der Waals surface area (Å²) in [6.45, 7) is 7.33. The smallest absolute Gasteiger partial charge is 0.00718 e. The maximum atomic E-state index is 3.66. The molecule has 1 saturated heterocycles. The molecule has 0 saturated carbocycles. The maximum absolute atomic E-state index is 3.66. The van der Waals surface area contributed by atoms with Crippen LogP contribution in [-0.4, -0.2) is 29.4 Å². The minimum Gasteiger partial charge on any atom is -0.300 e. The van der Waals surface area contributed by atoms with Gasteiger partial charge >= 0.3 is 0 Å². The average molecular weight is 276 g/mol. The molecule has 1 aliphatic heterocycles. The molecule has 0 bridgehead atoms. The van der Waals surface area contributed by atoms with Crippen molar-refractivity contribution in [2.45, 2.75) is 58.4 Å². The summed E-state index contributed by atoms with van der Waals surface area (Å²) in [6, 6.07) is 0.811. The topological polar surface area (TPSA) is 3.24 Å². The highest BCUT2D eigenvalue weighted by Gasteiger charge is 2.19. The predicted molar refractivity (Wildman–Crippen MR) is 71.7 cm³/mol. The number of halogens is 1. The molecule has 0 amide bonds. The van der Waals surface area contributed by atoms with Crippen LogP contribution in [0.2, 0.25) is 0 Å². The Balaban J connectivity index is 2.38. The lowest BCUT2D eigenvalue weighted by atomic mass is 10.0. The van der Waals surface area contributed by atoms with Gasteiger partial charge in [-0.3, -0.25) is 0 Å². The molecule has 1 aliphatic rings. The third-order valence-corrected chi connectivity index (χ3v) is 4.51. The standard InChI is InChI=1S/C13H26BrN/c1-3-7-13(10-14)11-15-9-6-4-5-8-12(15)2/h12-13H,3-11H2,1-2H3. The van der Waals surface area contributed by atoms with E-state index in [1.807, 2.05) is 0 Å². The minimum absolute atomic E-state index is 0.811. The number of rotatable bonds is 5. The van der Waals surface area contributed by atoms with Crippen molar-refractivity contribution >= 4 is 15.9 Å². The lowest BCUT2D eigenvalue weighted by Gasteiger charge is -2.30. The quantitative estimate of drug-likeness (QED) is 0.684. The van der Waals surface area contributed by atoms with Crippen molar-refractivity contribution in [3.05, 3.63) is 0 Å². The molecule has 0 aromatic carbocycles. The Kier molecular flexibility index (Phi) is 6.91. The van der Waals surface area contributed by atoms with Gasteiger partial charge in [-0.2, -0.15) is 0 Å². The van der Waals surface area contributed by atoms with Gasteiger partial charge in [-0.05, 0) is 38.6 Å². The Labute approximate surface area is 104 Å². The van der Waals surface area contributed by atoms with Crippen molar-refractivity contribution in [3.63, 3.8) is 0 Å². The number of likely N-dealkylation sites (tertiary alicyclic amines) is 1. The van der Waals surface area contributed by atoms with Crippen molar-refractivity contribution < 1.29 is 0 Å². The summed E-state index contributed by atoms with van der Waals surface area (Å²) in [7, 11) is 0. The minimum atomic E-state index is 0.811. The number of hydrogen-bond donors (Lipinski definition) is 0. The van der Waals surface area contributed by atoms with E-state index in [4.69, 9.17) is 0 Å². The van der Waals surface area contributed by atoms with Crippen LogP contribution in [0.3, 0.4) is 0 Å². The van der Waals surface area contributed by atoms with Crippen LogP contribution in [0.1, 0.15) is 52.4 Å². The van der Waals surface area contributed by atoms with Gasteiger partial charge in [0.1, 0.15) is 0 Å². The first-order valence-electron chi connectivity index (χ1n) is 6.58. The maximum Gasteiger partial charge on any atom is 0.00718 e. The average Bonchev–Trinajstić information content (AvgIpc) is 2.43. The molecule has 2 unspecified atom stereocenters. The van der Waals surface area contributed by atoms with Crippen molar-refractivity contribution in [3.8, 4) is 0 Å². The zero-order chi connectivity index (χ0) is 11.1. The lowest BCUT2D eigenvalue weighted by Crippen LogP contribution is -2.37. The van der Waals surface area contributed by atoms with Crippen molar-refractivity contribution in [1.82, 2.24) is 4.90 Å². The van der Waals surface area contributed by atoms with Gasteiger partial charge in [0.15, 0.2) is 0 Å². The first kappa shape index (κ1) is 13.5. The monoisotopic (exact) mass is 275 g/mol. The first-order valence-corrected chi connectivity index (χ1v) is 7.70. The highest BCUT2D eigenvalue weighted by Crippen LogP contribution is 2.20. The van der Waals surface area contributed by atoms with E-state index in [1.54, 1.807) is 0 Å². The van der Waals surface area contributed by atoms with Crippen molar-refractivity contribution in [2.24, 2.45) is 5.92 Å². The fourth-order valence-electron chi connectivity index (χ4n) is 2.56. The molecule has 90 valence electrons. The second-order valence-electron chi connectivity index (χ2n) is 5.00. The zero-order valence-electron chi connectivity index (χ0n) is 10.3. The number of hydrogen-bond acceptors (Lipinski definition) is 1. The number of alkyl halides is 1. The van der Waals surface area contributed by atoms with E-state index in [0.29, 0.717) is 0 Å². The summed E-state index contributed by atoms with van der Waals surface area (Å²) < 4.78 is 0. The molecule has 1 rings (SSSR count). The van der Waals surface area contributed by atoms with Gasteiger partial charge < -0.3 is 4.90 Å². The molecule has 1 nitrogen and oxygen atoms in total. The summed E-state index contributed by atoms with van der Waals surface area (Å²) in [4.78, 5) is 2.72. The van der Waals surface area contributed by atoms with Crippen LogP contribution in [0.4, 0.5) is 0 Å². The molecular formula is C13H26BrN. The Bertz CT molecular complexity index is 161. The van der Waals surface area contributed by atoms with Crippen LogP contribution in [0.5, 0.6) is 0 Å². The largest absolute Gasteiger partial charge is 0.300 e. The Morgan fingerprint density at radius 2 is 2.13 bits per heavy atom. The van der Waals surface area contributed by atoms with Crippen LogP contribution in [0, 0.1) is 5.92 Å². The van der Waals surface area contributed by atoms with Gasteiger partial charge in [0.05, 0.1) is 0 Å². The summed E-state index contributed by atoms with van der Waals surface area (Å²) in [5, 5.41) is 1.17. The van der Waals surface area contributed by atoms with E-state index in [-0.39, 0.29) is 0 Å². The molecule has 2 heteroatoms. The molecule has 1 fully saturated rings. The van der Waals surface area contributed by atoms with Crippen LogP contribution in [0.25, 0.3) is 0 Å². The van der Waals surface area contributed by atoms with E-state index in [9.17, 15) is 0 Å². The van der Waals surface area contributed by atoms with E-state index < -0.39 is 0 Å². The van der Waals surface area contributed by atoms with Crippen molar-refractivity contribution in [2.75, 3.05) is 18.4 Å². The molecule has 1 heterocycles. The third kappa shape index (κ3) is 4.86. The van der Waals surface area contributed by atoms with Crippen LogP contribution >= 0.6 is 15.9 Å². The molecule has 0 aromatic rings. The highest BCUT2D eigenvalue weighted by atomic mass is 79.9. The lowest BCUT2D eigenvalue weighted by molar-refractivity contribution is 0.183. The zero-order valence-corrected chi connectivity index (χ0v) is 11.9. The SMILES string of the molecule is CCCC(CBr)CN1CCCCCC1C. The highest BCUT2D eigenvalue weighted by molar-refractivity contribution is 9.09. The van der Waals surface area contributed by atoms with E-state index in [2.05, 4.69) is 34.7 Å². The molecule has 0 spiro atoms. The van der Waals surface area contributed by atoms with Gasteiger partial charge in [-0.1, -0.05) is 42.1 Å². The van der Waals surface area contributed by atoms with Crippen LogP contribution in [-0.2, 0) is 0 Å². The van der Waals surface area contributed by atoms with Gasteiger partial charge in [0.2, 0.25) is 0 Å². The van der Waals surface area contributed by atoms with Gasteiger partial charge in [0.25, 0.3) is 0 Å². The molecule has 0 N–H and O–H groups in total. The molecule has 2 atom stereocenters. The molecule has 0 aliphatic carbocycles. The van der Waals surface area contributed by atoms with Gasteiger partial charge in [-0.15, -0.1) is 0 Å². The molecule has 0 radical (unpaired) electrons. The number of nitrogens with zero attached hydrogens (tertiary/aromatic N) is 1. The second-order valence-corrected chi connectivity index (χ2v) is 5.65. The van der Waals surface area contributed by atoms with Gasteiger partial charge in [0, 0.05) is 17.9 Å². The van der Waals surface area contributed by atoms with E-state index >= 15 is 0 Å². The molecular weight excluding hydrogens is 250 g/mol. The summed E-state index contributed by atoms with van der Waals surface area (Å²) in [5.74, 6) is 0.857. The first-order chi connectivity index (χ1) is 7.27. The Hall–Kier alpha value is 0.440. The molecule has 0 aromatic heterocycles. The van der Waals surface area contributed by atoms with Crippen LogP contribution in [0.15, 0.2) is 0 Å². The predicted octanol–water partition coefficient (Wildman–Crippen LogP) is 4.06.